The topological polar surface area (TPSA) is 4.93 Å². The van der Waals surface area contributed by atoms with Crippen LogP contribution in [0.3, 0.4) is 0 Å². The Bertz CT molecular complexity index is 1000. The van der Waals surface area contributed by atoms with E-state index < -0.39 is 0 Å². The summed E-state index contributed by atoms with van der Waals surface area (Å²) in [7, 11) is 0. The highest BCUT2D eigenvalue weighted by atomic mass is 32.2. The molecule has 0 spiro atoms. The first-order valence-electron chi connectivity index (χ1n) is 8.80. The highest BCUT2D eigenvalue weighted by molar-refractivity contribution is 7.99. The lowest BCUT2D eigenvalue weighted by Crippen LogP contribution is -1.98. The Morgan fingerprint density at radius 3 is 1.96 bits per heavy atom. The van der Waals surface area contributed by atoms with Crippen LogP contribution in [0.1, 0.15) is 11.3 Å². The summed E-state index contributed by atoms with van der Waals surface area (Å²) in [6.07, 6.45) is 0. The van der Waals surface area contributed by atoms with Crippen LogP contribution in [0.4, 0.5) is 0 Å². The van der Waals surface area contributed by atoms with Crippen LogP contribution < -0.4 is 0 Å². The van der Waals surface area contributed by atoms with E-state index in [4.69, 9.17) is 0 Å². The van der Waals surface area contributed by atoms with Crippen molar-refractivity contribution in [1.82, 2.24) is 4.57 Å². The summed E-state index contributed by atoms with van der Waals surface area (Å²) in [4.78, 5) is 1.25. The lowest BCUT2D eigenvalue weighted by molar-refractivity contribution is 0.914. The van der Waals surface area contributed by atoms with Gasteiger partial charge in [0.25, 0.3) is 0 Å². The molecule has 3 aromatic carbocycles. The molecule has 128 valence electrons. The second kappa shape index (κ2) is 7.27. The van der Waals surface area contributed by atoms with Gasteiger partial charge in [0.1, 0.15) is 0 Å². The second-order valence-electron chi connectivity index (χ2n) is 6.46. The lowest BCUT2D eigenvalue weighted by atomic mass is 10.1. The zero-order chi connectivity index (χ0) is 17.9. The molecule has 0 amide bonds. The molecule has 0 saturated carbocycles. The fourth-order valence-electron chi connectivity index (χ4n) is 3.16. The number of hydrogen-bond donors (Lipinski definition) is 0. The average Bonchev–Trinajstić information content (AvgIpc) is 3.00. The Morgan fingerprint density at radius 1 is 0.692 bits per heavy atom. The number of rotatable bonds is 4. The van der Waals surface area contributed by atoms with Crippen LogP contribution in [0.25, 0.3) is 16.8 Å². The van der Waals surface area contributed by atoms with Crippen LogP contribution in [-0.4, -0.2) is 4.57 Å². The Morgan fingerprint density at radius 2 is 1.31 bits per heavy atom. The van der Waals surface area contributed by atoms with Crippen molar-refractivity contribution < 1.29 is 0 Å². The number of benzene rings is 3. The summed E-state index contributed by atoms with van der Waals surface area (Å²) in [6, 6.07) is 32.3. The van der Waals surface area contributed by atoms with Crippen molar-refractivity contribution >= 4 is 11.8 Å². The molecule has 0 N–H and O–H groups in total. The van der Waals surface area contributed by atoms with E-state index >= 15 is 0 Å². The van der Waals surface area contributed by atoms with Crippen LogP contribution in [0.5, 0.6) is 0 Å². The summed E-state index contributed by atoms with van der Waals surface area (Å²) >= 11 is 1.82. The van der Waals surface area contributed by atoms with Crippen molar-refractivity contribution in [3.8, 4) is 16.8 Å². The molecule has 0 aliphatic heterocycles. The van der Waals surface area contributed by atoms with Gasteiger partial charge in [0.2, 0.25) is 0 Å². The minimum absolute atomic E-state index is 1.20. The van der Waals surface area contributed by atoms with Crippen LogP contribution in [-0.2, 0) is 0 Å². The quantitative estimate of drug-likeness (QED) is 0.385. The van der Waals surface area contributed by atoms with Crippen molar-refractivity contribution in [3.05, 3.63) is 102 Å². The number of aromatic nitrogens is 1. The highest BCUT2D eigenvalue weighted by Gasteiger charge is 2.17. The minimum Gasteiger partial charge on any atom is -0.308 e. The molecule has 4 aromatic rings. The molecule has 0 saturated heterocycles. The van der Waals surface area contributed by atoms with Gasteiger partial charge in [-0.25, -0.2) is 0 Å². The van der Waals surface area contributed by atoms with Gasteiger partial charge in [-0.1, -0.05) is 78.0 Å². The van der Waals surface area contributed by atoms with E-state index in [1.807, 2.05) is 11.8 Å². The maximum atomic E-state index is 2.36. The zero-order valence-corrected chi connectivity index (χ0v) is 15.8. The Labute approximate surface area is 159 Å². The summed E-state index contributed by atoms with van der Waals surface area (Å²) in [5.74, 6) is 0. The molecule has 1 aromatic heterocycles. The molecule has 4 rings (SSSR count). The average molecular weight is 356 g/mol. The molecule has 1 nitrogen and oxygen atoms in total. The molecule has 2 heteroatoms. The maximum absolute atomic E-state index is 2.36. The molecule has 0 unspecified atom stereocenters. The number of hydrogen-bond acceptors (Lipinski definition) is 1. The van der Waals surface area contributed by atoms with Gasteiger partial charge < -0.3 is 4.57 Å². The summed E-state index contributed by atoms with van der Waals surface area (Å²) in [5, 5.41) is 1.25. The standard InChI is InChI=1S/C24H21NS/c1-18-13-15-21(16-14-18)25-19(2)17-23(20-9-5-3-6-10-20)24(25)26-22-11-7-4-8-12-22/h3-17H,1-2H3. The van der Waals surface area contributed by atoms with Gasteiger partial charge >= 0.3 is 0 Å². The smallest absolute Gasteiger partial charge is 0.0924 e. The molecule has 0 atom stereocenters. The van der Waals surface area contributed by atoms with E-state index in [1.165, 1.54) is 38.0 Å². The van der Waals surface area contributed by atoms with E-state index in [1.54, 1.807) is 0 Å². The van der Waals surface area contributed by atoms with Gasteiger partial charge in [0.05, 0.1) is 5.03 Å². The summed E-state index contributed by atoms with van der Waals surface area (Å²) in [6.45, 7) is 4.31. The van der Waals surface area contributed by atoms with Gasteiger partial charge in [-0.15, -0.1) is 0 Å². The Balaban J connectivity index is 1.90. The van der Waals surface area contributed by atoms with Gasteiger partial charge in [0, 0.05) is 21.8 Å². The van der Waals surface area contributed by atoms with E-state index in [0.717, 1.165) is 0 Å². The van der Waals surface area contributed by atoms with Crippen molar-refractivity contribution in [2.75, 3.05) is 0 Å². The van der Waals surface area contributed by atoms with E-state index in [-0.39, 0.29) is 0 Å². The zero-order valence-electron chi connectivity index (χ0n) is 15.0. The van der Waals surface area contributed by atoms with Crippen LogP contribution in [0.2, 0.25) is 0 Å². The van der Waals surface area contributed by atoms with Crippen molar-refractivity contribution in [1.29, 1.82) is 0 Å². The number of aryl methyl sites for hydroxylation is 2. The molecular formula is C24H21NS. The molecule has 1 heterocycles. The molecule has 0 aliphatic rings. The third-order valence-corrected chi connectivity index (χ3v) is 5.58. The largest absolute Gasteiger partial charge is 0.308 e. The van der Waals surface area contributed by atoms with E-state index in [9.17, 15) is 0 Å². The Hall–Kier alpha value is -2.71. The normalized spacial score (nSPS) is 10.8. The monoisotopic (exact) mass is 355 g/mol. The van der Waals surface area contributed by atoms with Crippen LogP contribution in [0.15, 0.2) is 101 Å². The summed E-state index contributed by atoms with van der Waals surface area (Å²) in [5.41, 5.74) is 6.25. The molecule has 0 aliphatic carbocycles. The fourth-order valence-corrected chi connectivity index (χ4v) is 4.30. The SMILES string of the molecule is Cc1ccc(-n2c(C)cc(-c3ccccc3)c2Sc2ccccc2)cc1. The molecule has 0 fully saturated rings. The van der Waals surface area contributed by atoms with Gasteiger partial charge in [-0.05, 0) is 49.7 Å². The second-order valence-corrected chi connectivity index (χ2v) is 7.52. The first kappa shape index (κ1) is 16.7. The predicted molar refractivity (Wildman–Crippen MR) is 111 cm³/mol. The fraction of sp³-hybridized carbons (Fsp3) is 0.0833. The lowest BCUT2D eigenvalue weighted by Gasteiger charge is -2.13. The van der Waals surface area contributed by atoms with Crippen molar-refractivity contribution in [3.63, 3.8) is 0 Å². The van der Waals surface area contributed by atoms with E-state index in [2.05, 4.69) is 109 Å². The maximum Gasteiger partial charge on any atom is 0.0924 e. The molecule has 0 radical (unpaired) electrons. The van der Waals surface area contributed by atoms with Crippen LogP contribution in [0, 0.1) is 13.8 Å². The van der Waals surface area contributed by atoms with Crippen molar-refractivity contribution in [2.24, 2.45) is 0 Å². The number of nitrogens with zero attached hydrogens (tertiary/aromatic N) is 1. The van der Waals surface area contributed by atoms with Gasteiger partial charge in [-0.3, -0.25) is 0 Å². The molecular weight excluding hydrogens is 334 g/mol. The predicted octanol–water partition coefficient (Wildman–Crippen LogP) is 6.91. The van der Waals surface area contributed by atoms with Crippen LogP contribution >= 0.6 is 11.8 Å². The third kappa shape index (κ3) is 3.33. The van der Waals surface area contributed by atoms with E-state index in [0.29, 0.717) is 0 Å². The third-order valence-electron chi connectivity index (χ3n) is 4.47. The highest BCUT2D eigenvalue weighted by Crippen LogP contribution is 2.40. The van der Waals surface area contributed by atoms with Gasteiger partial charge in [0.15, 0.2) is 0 Å². The van der Waals surface area contributed by atoms with Crippen molar-refractivity contribution in [2.45, 2.75) is 23.8 Å². The Kier molecular flexibility index (Phi) is 4.68. The molecule has 26 heavy (non-hydrogen) atoms. The first-order chi connectivity index (χ1) is 12.7. The minimum atomic E-state index is 1.20. The first-order valence-corrected chi connectivity index (χ1v) is 9.62. The summed E-state index contributed by atoms with van der Waals surface area (Å²) < 4.78 is 2.36. The van der Waals surface area contributed by atoms with Gasteiger partial charge in [-0.2, -0.15) is 0 Å². The molecule has 0 bridgehead atoms.